The Morgan fingerprint density at radius 3 is 2.87 bits per heavy atom. The van der Waals surface area contributed by atoms with Crippen molar-refractivity contribution in [2.24, 2.45) is 7.05 Å². The van der Waals surface area contributed by atoms with E-state index >= 15 is 0 Å². The minimum absolute atomic E-state index is 0.517. The number of hydrogen-bond donors (Lipinski definition) is 1. The van der Waals surface area contributed by atoms with Gasteiger partial charge in [0.2, 0.25) is 0 Å². The second-order valence-electron chi connectivity index (χ2n) is 2.82. The van der Waals surface area contributed by atoms with Crippen LogP contribution in [0.25, 0.3) is 0 Å². The van der Waals surface area contributed by atoms with E-state index in [-0.39, 0.29) is 0 Å². The Bertz CT molecular complexity index is 484. The number of halogens is 1. The summed E-state index contributed by atoms with van der Waals surface area (Å²) in [6.45, 7) is 0. The molecule has 5 nitrogen and oxygen atoms in total. The summed E-state index contributed by atoms with van der Waals surface area (Å²) in [5.41, 5.74) is 6.09. The number of nitrogens with zero attached hydrogens (tertiary/aromatic N) is 4. The molecule has 0 saturated heterocycles. The van der Waals surface area contributed by atoms with Crippen LogP contribution in [0.5, 0.6) is 0 Å². The summed E-state index contributed by atoms with van der Waals surface area (Å²) < 4.78 is 1.65. The Kier molecular flexibility index (Phi) is 2.79. The van der Waals surface area contributed by atoms with Crippen LogP contribution in [0.15, 0.2) is 28.8 Å². The zero-order valence-corrected chi connectivity index (χ0v) is 9.46. The normalized spacial score (nSPS) is 10.5. The van der Waals surface area contributed by atoms with E-state index in [1.54, 1.807) is 24.0 Å². The number of aryl methyl sites for hydroxylation is 1. The van der Waals surface area contributed by atoms with Gasteiger partial charge in [0.25, 0.3) is 0 Å². The number of nitrogen functional groups attached to an aromatic ring is 1. The molecule has 0 aliphatic rings. The molecule has 15 heavy (non-hydrogen) atoms. The van der Waals surface area contributed by atoms with E-state index in [0.717, 1.165) is 5.16 Å². The van der Waals surface area contributed by atoms with Crippen LogP contribution < -0.4 is 5.73 Å². The van der Waals surface area contributed by atoms with Gasteiger partial charge in [-0.1, -0.05) is 11.6 Å². The lowest BCUT2D eigenvalue weighted by atomic mass is 10.4. The highest BCUT2D eigenvalue weighted by atomic mass is 35.5. The first-order chi connectivity index (χ1) is 7.16. The van der Waals surface area contributed by atoms with Gasteiger partial charge in [0.15, 0.2) is 5.16 Å². The number of aromatic nitrogens is 4. The number of hydrogen-bond acceptors (Lipinski definition) is 5. The SMILES string of the molecule is Cn1ncnc1Sc1ncc(N)cc1Cl. The lowest BCUT2D eigenvalue weighted by molar-refractivity contribution is 0.684. The first-order valence-electron chi connectivity index (χ1n) is 4.09. The fourth-order valence-electron chi connectivity index (χ4n) is 0.980. The van der Waals surface area contributed by atoms with Gasteiger partial charge in [-0.05, 0) is 17.8 Å². The molecule has 0 amide bonds. The lowest BCUT2D eigenvalue weighted by Gasteiger charge is -2.02. The average molecular weight is 242 g/mol. The maximum Gasteiger partial charge on any atom is 0.192 e. The number of pyridine rings is 1. The zero-order valence-electron chi connectivity index (χ0n) is 7.88. The van der Waals surface area contributed by atoms with E-state index < -0.39 is 0 Å². The Hall–Kier alpha value is -1.27. The van der Waals surface area contributed by atoms with Crippen molar-refractivity contribution in [3.63, 3.8) is 0 Å². The molecule has 0 unspecified atom stereocenters. The lowest BCUT2D eigenvalue weighted by Crippen LogP contribution is -1.94. The van der Waals surface area contributed by atoms with Crippen molar-refractivity contribution in [3.8, 4) is 0 Å². The van der Waals surface area contributed by atoms with E-state index in [0.29, 0.717) is 15.7 Å². The molecule has 2 heterocycles. The van der Waals surface area contributed by atoms with Crippen LogP contribution in [0.1, 0.15) is 0 Å². The molecule has 7 heteroatoms. The fraction of sp³-hybridized carbons (Fsp3) is 0.125. The number of rotatable bonds is 2. The molecular weight excluding hydrogens is 234 g/mol. The summed E-state index contributed by atoms with van der Waals surface area (Å²) in [6.07, 6.45) is 3.04. The molecule has 0 aliphatic carbocycles. The summed E-state index contributed by atoms with van der Waals surface area (Å²) >= 11 is 7.32. The molecule has 0 aromatic carbocycles. The molecule has 0 atom stereocenters. The van der Waals surface area contributed by atoms with Crippen molar-refractivity contribution in [3.05, 3.63) is 23.6 Å². The molecule has 0 spiro atoms. The van der Waals surface area contributed by atoms with Gasteiger partial charge in [-0.2, -0.15) is 5.10 Å². The van der Waals surface area contributed by atoms with Gasteiger partial charge in [-0.15, -0.1) is 0 Å². The summed E-state index contributed by atoms with van der Waals surface area (Å²) in [5.74, 6) is 0. The van der Waals surface area contributed by atoms with Crippen molar-refractivity contribution < 1.29 is 0 Å². The highest BCUT2D eigenvalue weighted by molar-refractivity contribution is 7.99. The molecule has 2 aromatic rings. The van der Waals surface area contributed by atoms with E-state index in [4.69, 9.17) is 17.3 Å². The minimum Gasteiger partial charge on any atom is -0.397 e. The molecule has 2 aromatic heterocycles. The van der Waals surface area contributed by atoms with Crippen LogP contribution in [0.3, 0.4) is 0 Å². The summed E-state index contributed by atoms with van der Waals surface area (Å²) in [5, 5.41) is 5.87. The predicted molar refractivity (Wildman–Crippen MR) is 58.8 cm³/mol. The van der Waals surface area contributed by atoms with Gasteiger partial charge in [-0.3, -0.25) is 0 Å². The van der Waals surface area contributed by atoms with E-state index in [1.165, 1.54) is 18.1 Å². The molecule has 0 fully saturated rings. The molecule has 0 aliphatic heterocycles. The summed E-state index contributed by atoms with van der Waals surface area (Å²) in [6, 6.07) is 1.66. The topological polar surface area (TPSA) is 69.6 Å². The second kappa shape index (κ2) is 4.08. The average Bonchev–Trinajstić information content (AvgIpc) is 2.57. The first kappa shape index (κ1) is 10.3. The molecule has 2 rings (SSSR count). The second-order valence-corrected chi connectivity index (χ2v) is 4.19. The molecule has 0 bridgehead atoms. The van der Waals surface area contributed by atoms with Gasteiger partial charge in [-0.25, -0.2) is 14.6 Å². The molecule has 0 saturated carbocycles. The molecule has 0 radical (unpaired) electrons. The van der Waals surface area contributed by atoms with Gasteiger partial charge in [0.05, 0.1) is 16.9 Å². The van der Waals surface area contributed by atoms with Crippen LogP contribution in [0, 0.1) is 0 Å². The first-order valence-corrected chi connectivity index (χ1v) is 5.29. The van der Waals surface area contributed by atoms with Crippen molar-refractivity contribution in [1.29, 1.82) is 0 Å². The highest BCUT2D eigenvalue weighted by Crippen LogP contribution is 2.30. The van der Waals surface area contributed by atoms with Crippen molar-refractivity contribution in [2.75, 3.05) is 5.73 Å². The quantitative estimate of drug-likeness (QED) is 0.865. The van der Waals surface area contributed by atoms with Gasteiger partial charge >= 0.3 is 0 Å². The van der Waals surface area contributed by atoms with E-state index in [9.17, 15) is 0 Å². The van der Waals surface area contributed by atoms with Crippen LogP contribution in [-0.4, -0.2) is 19.7 Å². The van der Waals surface area contributed by atoms with Crippen molar-refractivity contribution >= 4 is 29.1 Å². The summed E-state index contributed by atoms with van der Waals surface area (Å²) in [4.78, 5) is 8.18. The molecule has 2 N–H and O–H groups in total. The number of anilines is 1. The minimum atomic E-state index is 0.517. The predicted octanol–water partition coefficient (Wildman–Crippen LogP) is 1.60. The van der Waals surface area contributed by atoms with Gasteiger partial charge in [0.1, 0.15) is 11.4 Å². The largest absolute Gasteiger partial charge is 0.397 e. The third-order valence-corrected chi connectivity index (χ3v) is 3.16. The highest BCUT2D eigenvalue weighted by Gasteiger charge is 2.08. The third-order valence-electron chi connectivity index (χ3n) is 1.69. The van der Waals surface area contributed by atoms with E-state index in [1.807, 2.05) is 0 Å². The standard InChI is InChI=1S/C8H8ClN5S/c1-14-8(12-4-13-14)15-7-6(9)2-5(10)3-11-7/h2-4H,10H2,1H3. The molecular formula is C8H8ClN5S. The Balaban J connectivity index is 2.29. The van der Waals surface area contributed by atoms with Crippen LogP contribution >= 0.6 is 23.4 Å². The van der Waals surface area contributed by atoms with Gasteiger partial charge in [0, 0.05) is 7.05 Å². The number of nitrogens with two attached hydrogens (primary N) is 1. The van der Waals surface area contributed by atoms with Crippen LogP contribution in [-0.2, 0) is 7.05 Å². The van der Waals surface area contributed by atoms with Gasteiger partial charge < -0.3 is 5.73 Å². The Morgan fingerprint density at radius 1 is 1.47 bits per heavy atom. The van der Waals surface area contributed by atoms with E-state index in [2.05, 4.69) is 15.1 Å². The molecule has 78 valence electrons. The fourth-order valence-corrected chi connectivity index (χ4v) is 1.98. The third kappa shape index (κ3) is 2.21. The van der Waals surface area contributed by atoms with Crippen LogP contribution in [0.2, 0.25) is 5.02 Å². The smallest absolute Gasteiger partial charge is 0.192 e. The van der Waals surface area contributed by atoms with Crippen molar-refractivity contribution in [2.45, 2.75) is 10.2 Å². The summed E-state index contributed by atoms with van der Waals surface area (Å²) in [7, 11) is 1.81. The van der Waals surface area contributed by atoms with Crippen LogP contribution in [0.4, 0.5) is 5.69 Å². The zero-order chi connectivity index (χ0) is 10.8. The maximum absolute atomic E-state index is 5.98. The maximum atomic E-state index is 5.98. The van der Waals surface area contributed by atoms with Crippen molar-refractivity contribution in [1.82, 2.24) is 19.7 Å². The Labute approximate surface area is 95.7 Å². The monoisotopic (exact) mass is 241 g/mol. The Morgan fingerprint density at radius 2 is 2.27 bits per heavy atom.